The van der Waals surface area contributed by atoms with E-state index in [4.69, 9.17) is 27.5 Å². The van der Waals surface area contributed by atoms with Crippen LogP contribution in [0.3, 0.4) is 0 Å². The Hall–Kier alpha value is -2.57. The standard InChI is InChI=1S/C22H23ClN6O5S2/c1-5-11-6-14(16(24-7-11)21(32)28(2)3)36-22-19(33-4)17(18(31)13(9-30)34-22)29-8-12(26-27-29)20-25-15(23)10-35-20/h1,6-8,10,13,17-19,22,30-31H,9H2,2-4H3/t13-,17+,18+,19-,22-/m1/s1. The van der Waals surface area contributed by atoms with E-state index in [2.05, 4.69) is 26.2 Å². The van der Waals surface area contributed by atoms with E-state index in [1.54, 1.807) is 31.7 Å². The lowest BCUT2D eigenvalue weighted by Gasteiger charge is -2.43. The quantitative estimate of drug-likeness (QED) is 0.417. The molecule has 0 aliphatic carbocycles. The van der Waals surface area contributed by atoms with E-state index in [1.165, 1.54) is 34.2 Å². The summed E-state index contributed by atoms with van der Waals surface area (Å²) in [6.07, 6.45) is 5.72. The van der Waals surface area contributed by atoms with Crippen molar-refractivity contribution in [2.24, 2.45) is 0 Å². The number of amides is 1. The van der Waals surface area contributed by atoms with Crippen LogP contribution in [0.1, 0.15) is 22.1 Å². The summed E-state index contributed by atoms with van der Waals surface area (Å²) < 4.78 is 13.2. The van der Waals surface area contributed by atoms with Crippen LogP contribution in [-0.2, 0) is 9.47 Å². The largest absolute Gasteiger partial charge is 0.394 e. The third-order valence-corrected chi connectivity index (χ3v) is 7.84. The van der Waals surface area contributed by atoms with Crippen LogP contribution in [0, 0.1) is 12.3 Å². The van der Waals surface area contributed by atoms with Gasteiger partial charge in [0.1, 0.15) is 51.3 Å². The topological polar surface area (TPSA) is 136 Å². The first-order valence-corrected chi connectivity index (χ1v) is 12.8. The Morgan fingerprint density at radius 3 is 2.86 bits per heavy atom. The fourth-order valence-electron chi connectivity index (χ4n) is 3.71. The SMILES string of the molecule is C#Cc1cnc(C(=O)N(C)C)c(S[C@H]2O[C@H](CO)[C@H](O)[C@H](n3cc(-c4nc(Cl)cs4)nn3)[C@H]2OC)c1. The molecule has 5 atom stereocenters. The summed E-state index contributed by atoms with van der Waals surface area (Å²) in [6.45, 7) is -0.457. The zero-order valence-corrected chi connectivity index (χ0v) is 21.9. The molecular formula is C22H23ClN6O5S2. The van der Waals surface area contributed by atoms with Gasteiger partial charge in [0.05, 0.1) is 12.8 Å². The Balaban J connectivity index is 1.70. The first kappa shape index (κ1) is 26.5. The smallest absolute Gasteiger partial charge is 0.273 e. The molecule has 11 nitrogen and oxygen atoms in total. The highest BCUT2D eigenvalue weighted by Crippen LogP contribution is 2.40. The van der Waals surface area contributed by atoms with E-state index in [0.29, 0.717) is 26.3 Å². The lowest BCUT2D eigenvalue weighted by Crippen LogP contribution is -2.55. The van der Waals surface area contributed by atoms with Crippen molar-refractivity contribution in [1.82, 2.24) is 29.9 Å². The van der Waals surface area contributed by atoms with Crippen LogP contribution >= 0.6 is 34.7 Å². The summed E-state index contributed by atoms with van der Waals surface area (Å²) in [5, 5.41) is 31.9. The van der Waals surface area contributed by atoms with Crippen LogP contribution in [0.25, 0.3) is 10.7 Å². The number of terminal acetylenes is 1. The van der Waals surface area contributed by atoms with E-state index < -0.39 is 36.4 Å². The molecule has 36 heavy (non-hydrogen) atoms. The van der Waals surface area contributed by atoms with Crippen molar-refractivity contribution in [2.45, 2.75) is 34.7 Å². The molecule has 1 fully saturated rings. The number of carbonyl (C=O) groups excluding carboxylic acids is 1. The summed E-state index contributed by atoms with van der Waals surface area (Å²) in [4.78, 5) is 23.1. The second kappa shape index (κ2) is 11.2. The van der Waals surface area contributed by atoms with Crippen LogP contribution in [0.2, 0.25) is 5.15 Å². The molecule has 0 unspecified atom stereocenters. The second-order valence-corrected chi connectivity index (χ2v) is 10.4. The Bertz CT molecular complexity index is 1280. The van der Waals surface area contributed by atoms with E-state index in [1.807, 2.05) is 0 Å². The first-order valence-electron chi connectivity index (χ1n) is 10.6. The molecule has 1 saturated heterocycles. The number of halogens is 1. The molecule has 0 radical (unpaired) electrons. The molecule has 1 aliphatic rings. The highest BCUT2D eigenvalue weighted by Gasteiger charge is 2.48. The molecule has 0 aromatic carbocycles. The van der Waals surface area contributed by atoms with Crippen LogP contribution in [0.4, 0.5) is 0 Å². The van der Waals surface area contributed by atoms with E-state index in [-0.39, 0.29) is 11.6 Å². The highest BCUT2D eigenvalue weighted by molar-refractivity contribution is 8.00. The molecule has 3 aromatic heterocycles. The fraction of sp³-hybridized carbons (Fsp3) is 0.409. The lowest BCUT2D eigenvalue weighted by atomic mass is 9.97. The van der Waals surface area contributed by atoms with Gasteiger partial charge in [-0.15, -0.1) is 22.9 Å². The highest BCUT2D eigenvalue weighted by atomic mass is 35.5. The van der Waals surface area contributed by atoms with Crippen LogP contribution in [-0.4, -0.2) is 97.5 Å². The molecule has 1 aliphatic heterocycles. The van der Waals surface area contributed by atoms with Gasteiger partial charge in [-0.3, -0.25) is 4.79 Å². The summed E-state index contributed by atoms with van der Waals surface area (Å²) in [5.74, 6) is 2.20. The second-order valence-electron chi connectivity index (χ2n) is 8.00. The monoisotopic (exact) mass is 550 g/mol. The van der Waals surface area contributed by atoms with E-state index in [9.17, 15) is 15.0 Å². The van der Waals surface area contributed by atoms with Gasteiger partial charge in [0.15, 0.2) is 0 Å². The number of methoxy groups -OCH3 is 1. The third kappa shape index (κ3) is 5.25. The minimum Gasteiger partial charge on any atom is -0.394 e. The van der Waals surface area contributed by atoms with Crippen molar-refractivity contribution in [3.05, 3.63) is 40.3 Å². The molecule has 0 bridgehead atoms. The number of aromatic nitrogens is 5. The van der Waals surface area contributed by atoms with Gasteiger partial charge in [-0.25, -0.2) is 14.6 Å². The van der Waals surface area contributed by atoms with Crippen LogP contribution < -0.4 is 0 Å². The Morgan fingerprint density at radius 1 is 1.47 bits per heavy atom. The van der Waals surface area contributed by atoms with E-state index >= 15 is 0 Å². The van der Waals surface area contributed by atoms with Crippen molar-refractivity contribution >= 4 is 40.6 Å². The number of carbonyl (C=O) groups is 1. The Kier molecular flexibility index (Phi) is 8.26. The third-order valence-electron chi connectivity index (χ3n) is 5.48. The normalized spacial score (nSPS) is 23.9. The maximum atomic E-state index is 12.8. The molecule has 3 aromatic rings. The molecule has 0 spiro atoms. The average Bonchev–Trinajstić information content (AvgIpc) is 3.53. The van der Waals surface area contributed by atoms with Crippen molar-refractivity contribution < 1.29 is 24.5 Å². The summed E-state index contributed by atoms with van der Waals surface area (Å²) in [5.41, 5.74) is 0.367. The Morgan fingerprint density at radius 2 is 2.25 bits per heavy atom. The molecule has 4 rings (SSSR count). The van der Waals surface area contributed by atoms with Crippen LogP contribution in [0.15, 0.2) is 28.7 Å². The maximum Gasteiger partial charge on any atom is 0.273 e. The number of nitrogens with zero attached hydrogens (tertiary/aromatic N) is 6. The molecule has 2 N–H and O–H groups in total. The molecule has 190 valence electrons. The number of aliphatic hydroxyl groups excluding tert-OH is 2. The molecule has 0 saturated carbocycles. The average molecular weight is 551 g/mol. The van der Waals surface area contributed by atoms with Crippen molar-refractivity contribution in [2.75, 3.05) is 27.8 Å². The zero-order chi connectivity index (χ0) is 26.0. The van der Waals surface area contributed by atoms with Crippen molar-refractivity contribution in [3.8, 4) is 23.0 Å². The van der Waals surface area contributed by atoms with Gasteiger partial charge in [0.25, 0.3) is 5.91 Å². The van der Waals surface area contributed by atoms with Crippen molar-refractivity contribution in [1.29, 1.82) is 0 Å². The van der Waals surface area contributed by atoms with Gasteiger partial charge in [-0.1, -0.05) is 34.5 Å². The van der Waals surface area contributed by atoms with Gasteiger partial charge in [-0.2, -0.15) is 0 Å². The number of thiazole rings is 1. The van der Waals surface area contributed by atoms with Crippen LogP contribution in [0.5, 0.6) is 0 Å². The predicted molar refractivity (Wildman–Crippen MR) is 134 cm³/mol. The maximum absolute atomic E-state index is 12.8. The van der Waals surface area contributed by atoms with E-state index in [0.717, 1.165) is 11.8 Å². The molecule has 4 heterocycles. The Labute approximate surface area is 220 Å². The molecule has 1 amide bonds. The first-order chi connectivity index (χ1) is 17.3. The summed E-state index contributed by atoms with van der Waals surface area (Å²) in [6, 6.07) is 0.880. The number of pyridine rings is 1. The zero-order valence-electron chi connectivity index (χ0n) is 19.5. The number of rotatable bonds is 7. The lowest BCUT2D eigenvalue weighted by molar-refractivity contribution is -0.186. The number of thioether (sulfide) groups is 1. The minimum absolute atomic E-state index is 0.189. The minimum atomic E-state index is -1.18. The molecular weight excluding hydrogens is 528 g/mol. The number of hydrogen-bond acceptors (Lipinski definition) is 11. The van der Waals surface area contributed by atoms with Gasteiger partial charge in [0, 0.05) is 43.2 Å². The number of ether oxygens (including phenoxy) is 2. The predicted octanol–water partition coefficient (Wildman–Crippen LogP) is 1.56. The number of hydrogen-bond donors (Lipinski definition) is 2. The van der Waals surface area contributed by atoms with Gasteiger partial charge in [0.2, 0.25) is 0 Å². The molecule has 14 heteroatoms. The van der Waals surface area contributed by atoms with Gasteiger partial charge < -0.3 is 24.6 Å². The fourth-order valence-corrected chi connectivity index (χ4v) is 5.91. The number of aliphatic hydroxyl groups is 2. The van der Waals surface area contributed by atoms with Crippen molar-refractivity contribution in [3.63, 3.8) is 0 Å². The van der Waals surface area contributed by atoms with Gasteiger partial charge in [-0.05, 0) is 6.07 Å². The van der Waals surface area contributed by atoms with Gasteiger partial charge >= 0.3 is 0 Å². The summed E-state index contributed by atoms with van der Waals surface area (Å²) >= 11 is 8.41. The summed E-state index contributed by atoms with van der Waals surface area (Å²) in [7, 11) is 4.71.